The minimum Gasteiger partial charge on any atom is -0.493 e. The molecule has 0 aromatic heterocycles. The van der Waals surface area contributed by atoms with Crippen molar-refractivity contribution in [2.75, 3.05) is 6.61 Å². The Balaban J connectivity index is 2.03. The summed E-state index contributed by atoms with van der Waals surface area (Å²) >= 11 is 0. The van der Waals surface area contributed by atoms with E-state index in [1.54, 1.807) is 0 Å². The Bertz CT molecular complexity index is 553. The average Bonchev–Trinajstić information content (AvgIpc) is 2.52. The predicted octanol–water partition coefficient (Wildman–Crippen LogP) is 4.86. The Hall–Kier alpha value is -2.28. The Morgan fingerprint density at radius 2 is 1.60 bits per heavy atom. The first-order valence-electron chi connectivity index (χ1n) is 6.99. The second kappa shape index (κ2) is 8.00. The molecule has 102 valence electrons. The van der Waals surface area contributed by atoms with Crippen molar-refractivity contribution in [1.29, 1.82) is 0 Å². The first kappa shape index (κ1) is 14.1. The van der Waals surface area contributed by atoms with Gasteiger partial charge in [-0.25, -0.2) is 0 Å². The summed E-state index contributed by atoms with van der Waals surface area (Å²) in [6, 6.07) is 20.6. The molecule has 0 aliphatic heterocycles. The largest absolute Gasteiger partial charge is 0.493 e. The molecular weight excluding hydrogens is 244 g/mol. The normalized spacial score (nSPS) is 11.8. The first-order valence-corrected chi connectivity index (χ1v) is 6.99. The number of rotatable bonds is 6. The molecule has 0 aliphatic carbocycles. The van der Waals surface area contributed by atoms with Crippen LogP contribution in [0, 0.1) is 0 Å². The highest BCUT2D eigenvalue weighted by molar-refractivity contribution is 5.61. The van der Waals surface area contributed by atoms with Crippen molar-refractivity contribution in [2.24, 2.45) is 0 Å². The monoisotopic (exact) mass is 264 g/mol. The Morgan fingerprint density at radius 1 is 0.950 bits per heavy atom. The molecule has 0 unspecified atom stereocenters. The summed E-state index contributed by atoms with van der Waals surface area (Å²) in [7, 11) is 0. The van der Waals surface area contributed by atoms with E-state index < -0.39 is 0 Å². The van der Waals surface area contributed by atoms with Crippen LogP contribution in [0.15, 0.2) is 78.9 Å². The summed E-state index contributed by atoms with van der Waals surface area (Å²) in [5, 5.41) is 0. The molecule has 0 saturated heterocycles. The van der Waals surface area contributed by atoms with E-state index in [9.17, 15) is 0 Å². The number of hydrogen-bond acceptors (Lipinski definition) is 1. The zero-order valence-corrected chi connectivity index (χ0v) is 11.8. The molecule has 0 amide bonds. The second-order valence-corrected chi connectivity index (χ2v) is 4.45. The van der Waals surface area contributed by atoms with Gasteiger partial charge >= 0.3 is 0 Å². The maximum Gasteiger partial charge on any atom is 0.126 e. The maximum atomic E-state index is 5.69. The molecule has 0 aliphatic rings. The molecule has 0 heterocycles. The van der Waals surface area contributed by atoms with E-state index in [1.807, 2.05) is 37.3 Å². The lowest BCUT2D eigenvalue weighted by Gasteiger charge is -2.07. The highest BCUT2D eigenvalue weighted by Crippen LogP contribution is 2.15. The topological polar surface area (TPSA) is 9.23 Å². The van der Waals surface area contributed by atoms with Crippen LogP contribution in [0.3, 0.4) is 0 Å². The quantitative estimate of drug-likeness (QED) is 0.534. The van der Waals surface area contributed by atoms with Gasteiger partial charge in [0, 0.05) is 5.56 Å². The fourth-order valence-corrected chi connectivity index (χ4v) is 1.96. The van der Waals surface area contributed by atoms with E-state index >= 15 is 0 Å². The molecular formula is C19H20O. The van der Waals surface area contributed by atoms with Crippen molar-refractivity contribution >= 4 is 5.76 Å². The van der Waals surface area contributed by atoms with Gasteiger partial charge in [0.25, 0.3) is 0 Å². The summed E-state index contributed by atoms with van der Waals surface area (Å²) in [6.45, 7) is 2.68. The van der Waals surface area contributed by atoms with Crippen LogP contribution in [0.4, 0.5) is 0 Å². The minimum atomic E-state index is 0.674. The van der Waals surface area contributed by atoms with Gasteiger partial charge in [0.15, 0.2) is 0 Å². The van der Waals surface area contributed by atoms with Gasteiger partial charge in [-0.05, 0) is 25.0 Å². The summed E-state index contributed by atoms with van der Waals surface area (Å²) in [4.78, 5) is 0. The molecule has 20 heavy (non-hydrogen) atoms. The molecule has 0 radical (unpaired) electrons. The van der Waals surface area contributed by atoms with Crippen molar-refractivity contribution < 1.29 is 4.74 Å². The van der Waals surface area contributed by atoms with Gasteiger partial charge in [-0.3, -0.25) is 0 Å². The van der Waals surface area contributed by atoms with Crippen LogP contribution in [0.25, 0.3) is 5.76 Å². The molecule has 2 aromatic carbocycles. The lowest BCUT2D eigenvalue weighted by atomic mass is 10.1. The third-order valence-electron chi connectivity index (χ3n) is 2.94. The van der Waals surface area contributed by atoms with Gasteiger partial charge in [0.05, 0.1) is 6.61 Å². The third kappa shape index (κ3) is 4.43. The van der Waals surface area contributed by atoms with Crippen LogP contribution in [-0.2, 0) is 11.2 Å². The Kier molecular flexibility index (Phi) is 5.66. The fourth-order valence-electron chi connectivity index (χ4n) is 1.96. The minimum absolute atomic E-state index is 0.674. The standard InChI is InChI=1S/C19H20O/c1-2-20-19(18-14-7-4-8-15-18)16-10-9-13-17-11-5-3-6-12-17/h3-12,14-16H,2,13H2,1H3/b10-9+,19-16-. The van der Waals surface area contributed by atoms with Crippen molar-refractivity contribution in [2.45, 2.75) is 13.3 Å². The van der Waals surface area contributed by atoms with Crippen molar-refractivity contribution in [3.8, 4) is 0 Å². The van der Waals surface area contributed by atoms with Crippen LogP contribution in [0.5, 0.6) is 0 Å². The smallest absolute Gasteiger partial charge is 0.126 e. The van der Waals surface area contributed by atoms with Gasteiger partial charge in [-0.15, -0.1) is 0 Å². The highest BCUT2D eigenvalue weighted by Gasteiger charge is 1.98. The van der Waals surface area contributed by atoms with Gasteiger partial charge in [0.1, 0.15) is 5.76 Å². The predicted molar refractivity (Wildman–Crippen MR) is 85.3 cm³/mol. The van der Waals surface area contributed by atoms with Gasteiger partial charge in [-0.1, -0.05) is 72.8 Å². The summed E-state index contributed by atoms with van der Waals surface area (Å²) < 4.78 is 5.69. The van der Waals surface area contributed by atoms with Crippen LogP contribution in [0.1, 0.15) is 18.1 Å². The van der Waals surface area contributed by atoms with Crippen LogP contribution < -0.4 is 0 Å². The van der Waals surface area contributed by atoms with Gasteiger partial charge in [-0.2, -0.15) is 0 Å². The zero-order chi connectivity index (χ0) is 14.0. The molecule has 0 bridgehead atoms. The summed E-state index contributed by atoms with van der Waals surface area (Å²) in [6.07, 6.45) is 7.18. The molecule has 2 rings (SSSR count). The van der Waals surface area contributed by atoms with Crippen molar-refractivity contribution in [3.63, 3.8) is 0 Å². The highest BCUT2D eigenvalue weighted by atomic mass is 16.5. The zero-order valence-electron chi connectivity index (χ0n) is 11.8. The van der Waals surface area contributed by atoms with Gasteiger partial charge in [0.2, 0.25) is 0 Å². The van der Waals surface area contributed by atoms with Crippen LogP contribution >= 0.6 is 0 Å². The molecule has 0 fully saturated rings. The average molecular weight is 264 g/mol. The fraction of sp³-hybridized carbons (Fsp3) is 0.158. The number of hydrogen-bond donors (Lipinski definition) is 0. The Labute approximate surface area is 121 Å². The maximum absolute atomic E-state index is 5.69. The van der Waals surface area contributed by atoms with Crippen LogP contribution in [0.2, 0.25) is 0 Å². The lowest BCUT2D eigenvalue weighted by molar-refractivity contribution is 0.298. The van der Waals surface area contributed by atoms with E-state index in [1.165, 1.54) is 5.56 Å². The lowest BCUT2D eigenvalue weighted by Crippen LogP contribution is -1.90. The molecule has 0 atom stereocenters. The molecule has 0 N–H and O–H groups in total. The molecule has 0 saturated carbocycles. The van der Waals surface area contributed by atoms with E-state index in [2.05, 4.69) is 48.6 Å². The number of ether oxygens (including phenoxy) is 1. The van der Waals surface area contributed by atoms with Crippen molar-refractivity contribution in [3.05, 3.63) is 90.0 Å². The second-order valence-electron chi connectivity index (χ2n) is 4.45. The van der Waals surface area contributed by atoms with E-state index in [4.69, 9.17) is 4.74 Å². The van der Waals surface area contributed by atoms with E-state index in [0.29, 0.717) is 6.61 Å². The molecule has 2 aromatic rings. The first-order chi connectivity index (χ1) is 9.90. The summed E-state index contributed by atoms with van der Waals surface area (Å²) in [5.41, 5.74) is 2.42. The van der Waals surface area contributed by atoms with Gasteiger partial charge < -0.3 is 4.74 Å². The Morgan fingerprint density at radius 3 is 2.25 bits per heavy atom. The SMILES string of the molecule is CCO/C(=C\C=C\Cc1ccccc1)c1ccccc1. The van der Waals surface area contributed by atoms with E-state index in [-0.39, 0.29) is 0 Å². The number of allylic oxidation sites excluding steroid dienone is 3. The summed E-state index contributed by atoms with van der Waals surface area (Å²) in [5.74, 6) is 0.914. The molecule has 0 spiro atoms. The molecule has 1 nitrogen and oxygen atoms in total. The molecule has 1 heteroatoms. The van der Waals surface area contributed by atoms with Crippen LogP contribution in [-0.4, -0.2) is 6.61 Å². The third-order valence-corrected chi connectivity index (χ3v) is 2.94. The van der Waals surface area contributed by atoms with Crippen molar-refractivity contribution in [1.82, 2.24) is 0 Å². The van der Waals surface area contributed by atoms with E-state index in [0.717, 1.165) is 17.7 Å². The number of benzene rings is 2.